The molecule has 5 nitrogen and oxygen atoms in total. The lowest BCUT2D eigenvalue weighted by molar-refractivity contribution is -0.116. The first kappa shape index (κ1) is 18.8. The second kappa shape index (κ2) is 9.12. The maximum absolute atomic E-state index is 12.4. The zero-order valence-corrected chi connectivity index (χ0v) is 15.6. The Balaban J connectivity index is 1.41. The molecular weight excluding hydrogens is 338 g/mol. The molecule has 0 atom stereocenters. The Morgan fingerprint density at radius 1 is 1.19 bits per heavy atom. The molecule has 140 valence electrons. The standard InChI is InChI=1S/C22H25N3O2/c1-17-4-6-18(7-5-17)8-9-21(26)24-15-19-10-13-25(14-11-19)22(27)20-3-2-12-23-16-20/h2-9,12,16,19H,10-11,13-15H2,1H3,(H,24,26)/b9-8+. The predicted octanol–water partition coefficient (Wildman–Crippen LogP) is 3.07. The first-order chi connectivity index (χ1) is 13.1. The fraction of sp³-hybridized carbons (Fsp3) is 0.318. The number of hydrogen-bond donors (Lipinski definition) is 1. The summed E-state index contributed by atoms with van der Waals surface area (Å²) in [5, 5.41) is 2.97. The molecule has 2 heterocycles. The summed E-state index contributed by atoms with van der Waals surface area (Å²) in [6, 6.07) is 11.6. The summed E-state index contributed by atoms with van der Waals surface area (Å²) < 4.78 is 0. The Morgan fingerprint density at radius 2 is 1.93 bits per heavy atom. The fourth-order valence-electron chi connectivity index (χ4n) is 3.17. The number of rotatable bonds is 5. The van der Waals surface area contributed by atoms with Gasteiger partial charge in [-0.05, 0) is 49.5 Å². The van der Waals surface area contributed by atoms with Crippen LogP contribution in [0.25, 0.3) is 6.08 Å². The molecule has 0 aliphatic carbocycles. The van der Waals surface area contributed by atoms with E-state index in [0.29, 0.717) is 31.1 Å². The van der Waals surface area contributed by atoms with Gasteiger partial charge in [0.05, 0.1) is 5.56 Å². The number of amides is 2. The minimum Gasteiger partial charge on any atom is -0.352 e. The fourth-order valence-corrected chi connectivity index (χ4v) is 3.17. The van der Waals surface area contributed by atoms with Crippen molar-refractivity contribution in [2.45, 2.75) is 19.8 Å². The van der Waals surface area contributed by atoms with Crippen LogP contribution in [0, 0.1) is 12.8 Å². The van der Waals surface area contributed by atoms with E-state index in [4.69, 9.17) is 0 Å². The molecule has 1 fully saturated rings. The van der Waals surface area contributed by atoms with Crippen molar-refractivity contribution >= 4 is 17.9 Å². The molecule has 5 heteroatoms. The van der Waals surface area contributed by atoms with Gasteiger partial charge in [-0.3, -0.25) is 14.6 Å². The van der Waals surface area contributed by atoms with Crippen LogP contribution in [0.5, 0.6) is 0 Å². The summed E-state index contributed by atoms with van der Waals surface area (Å²) in [7, 11) is 0. The molecule has 0 spiro atoms. The molecule has 3 rings (SSSR count). The number of likely N-dealkylation sites (tertiary alicyclic amines) is 1. The largest absolute Gasteiger partial charge is 0.352 e. The topological polar surface area (TPSA) is 62.3 Å². The van der Waals surface area contributed by atoms with Gasteiger partial charge in [0.1, 0.15) is 0 Å². The lowest BCUT2D eigenvalue weighted by atomic mass is 9.96. The van der Waals surface area contributed by atoms with Gasteiger partial charge in [0.25, 0.3) is 5.91 Å². The third kappa shape index (κ3) is 5.51. The van der Waals surface area contributed by atoms with Crippen molar-refractivity contribution < 1.29 is 9.59 Å². The van der Waals surface area contributed by atoms with Crippen LogP contribution in [0.3, 0.4) is 0 Å². The molecule has 0 radical (unpaired) electrons. The van der Waals surface area contributed by atoms with E-state index in [1.807, 2.05) is 42.2 Å². The van der Waals surface area contributed by atoms with Crippen molar-refractivity contribution in [1.82, 2.24) is 15.2 Å². The lowest BCUT2D eigenvalue weighted by Crippen LogP contribution is -2.41. The number of nitrogens with zero attached hydrogens (tertiary/aromatic N) is 2. The van der Waals surface area contributed by atoms with Crippen molar-refractivity contribution in [3.63, 3.8) is 0 Å². The highest BCUT2D eigenvalue weighted by atomic mass is 16.2. The second-order valence-electron chi connectivity index (χ2n) is 6.97. The average molecular weight is 363 g/mol. The molecule has 0 saturated carbocycles. The van der Waals surface area contributed by atoms with Crippen molar-refractivity contribution in [3.8, 4) is 0 Å². The Bertz CT molecular complexity index is 792. The smallest absolute Gasteiger partial charge is 0.255 e. The molecule has 1 aromatic carbocycles. The van der Waals surface area contributed by atoms with Gasteiger partial charge in [-0.25, -0.2) is 0 Å². The molecule has 1 N–H and O–H groups in total. The van der Waals surface area contributed by atoms with Crippen LogP contribution in [-0.2, 0) is 4.79 Å². The minimum absolute atomic E-state index is 0.0339. The number of pyridine rings is 1. The van der Waals surface area contributed by atoms with Crippen LogP contribution in [0.15, 0.2) is 54.9 Å². The number of piperidine rings is 1. The van der Waals surface area contributed by atoms with Crippen LogP contribution in [0.1, 0.15) is 34.3 Å². The van der Waals surface area contributed by atoms with Gasteiger partial charge in [-0.2, -0.15) is 0 Å². The van der Waals surface area contributed by atoms with E-state index in [0.717, 1.165) is 18.4 Å². The summed E-state index contributed by atoms with van der Waals surface area (Å²) in [6.45, 7) is 4.11. The number of carbonyl (C=O) groups excluding carboxylic acids is 2. The Hall–Kier alpha value is -2.95. The number of aromatic nitrogens is 1. The highest BCUT2D eigenvalue weighted by Gasteiger charge is 2.23. The van der Waals surface area contributed by atoms with Crippen molar-refractivity contribution in [2.75, 3.05) is 19.6 Å². The number of nitrogens with one attached hydrogen (secondary N) is 1. The summed E-state index contributed by atoms with van der Waals surface area (Å²) >= 11 is 0. The zero-order chi connectivity index (χ0) is 19.1. The third-order valence-corrected chi connectivity index (χ3v) is 4.88. The van der Waals surface area contributed by atoms with Gasteiger partial charge in [-0.15, -0.1) is 0 Å². The van der Waals surface area contributed by atoms with E-state index >= 15 is 0 Å². The SMILES string of the molecule is Cc1ccc(/C=C/C(=O)NCC2CCN(C(=O)c3cccnc3)CC2)cc1. The van der Waals surface area contributed by atoms with Gasteiger partial charge in [0, 0.05) is 38.1 Å². The third-order valence-electron chi connectivity index (χ3n) is 4.88. The van der Waals surface area contributed by atoms with Crippen molar-refractivity contribution in [3.05, 3.63) is 71.6 Å². The molecule has 1 saturated heterocycles. The lowest BCUT2D eigenvalue weighted by Gasteiger charge is -2.32. The van der Waals surface area contributed by atoms with Crippen molar-refractivity contribution in [1.29, 1.82) is 0 Å². The maximum Gasteiger partial charge on any atom is 0.255 e. The van der Waals surface area contributed by atoms with E-state index < -0.39 is 0 Å². The normalized spacial score (nSPS) is 15.1. The molecule has 1 aliphatic rings. The summed E-state index contributed by atoms with van der Waals surface area (Å²) in [4.78, 5) is 30.3. The predicted molar refractivity (Wildman–Crippen MR) is 106 cm³/mol. The highest BCUT2D eigenvalue weighted by Crippen LogP contribution is 2.18. The molecule has 2 aromatic rings. The zero-order valence-electron chi connectivity index (χ0n) is 15.6. The van der Waals surface area contributed by atoms with Crippen molar-refractivity contribution in [2.24, 2.45) is 5.92 Å². The van der Waals surface area contributed by atoms with E-state index in [1.54, 1.807) is 30.6 Å². The van der Waals surface area contributed by atoms with E-state index in [2.05, 4.69) is 10.3 Å². The Labute approximate surface area is 160 Å². The van der Waals surface area contributed by atoms with E-state index in [1.165, 1.54) is 5.56 Å². The Morgan fingerprint density at radius 3 is 2.59 bits per heavy atom. The quantitative estimate of drug-likeness (QED) is 0.831. The number of hydrogen-bond acceptors (Lipinski definition) is 3. The highest BCUT2D eigenvalue weighted by molar-refractivity contribution is 5.94. The summed E-state index contributed by atoms with van der Waals surface area (Å²) in [5.74, 6) is 0.357. The van der Waals surface area contributed by atoms with Crippen LogP contribution < -0.4 is 5.32 Å². The maximum atomic E-state index is 12.4. The summed E-state index contributed by atoms with van der Waals surface area (Å²) in [6.07, 6.45) is 8.46. The molecule has 0 bridgehead atoms. The summed E-state index contributed by atoms with van der Waals surface area (Å²) in [5.41, 5.74) is 2.84. The number of benzene rings is 1. The molecule has 0 unspecified atom stereocenters. The van der Waals surface area contributed by atoms with Gasteiger partial charge in [0.2, 0.25) is 5.91 Å². The average Bonchev–Trinajstić information content (AvgIpc) is 2.72. The Kier molecular flexibility index (Phi) is 6.36. The second-order valence-corrected chi connectivity index (χ2v) is 6.97. The van der Waals surface area contributed by atoms with Gasteiger partial charge < -0.3 is 10.2 Å². The molecule has 27 heavy (non-hydrogen) atoms. The number of carbonyl (C=O) groups is 2. The van der Waals surface area contributed by atoms with Crippen LogP contribution >= 0.6 is 0 Å². The monoisotopic (exact) mass is 363 g/mol. The van der Waals surface area contributed by atoms with Crippen LogP contribution in [0.2, 0.25) is 0 Å². The first-order valence-corrected chi connectivity index (χ1v) is 9.34. The number of aryl methyl sites for hydroxylation is 1. The minimum atomic E-state index is -0.0792. The first-order valence-electron chi connectivity index (χ1n) is 9.34. The van der Waals surface area contributed by atoms with Gasteiger partial charge in [-0.1, -0.05) is 29.8 Å². The van der Waals surface area contributed by atoms with Gasteiger partial charge >= 0.3 is 0 Å². The van der Waals surface area contributed by atoms with Crippen LogP contribution in [-0.4, -0.2) is 41.3 Å². The van der Waals surface area contributed by atoms with E-state index in [9.17, 15) is 9.59 Å². The molecule has 1 aliphatic heterocycles. The molecular formula is C22H25N3O2. The van der Waals surface area contributed by atoms with Gasteiger partial charge in [0.15, 0.2) is 0 Å². The van der Waals surface area contributed by atoms with Crippen LogP contribution in [0.4, 0.5) is 0 Å². The molecule has 2 amide bonds. The molecule has 1 aromatic heterocycles. The van der Waals surface area contributed by atoms with E-state index in [-0.39, 0.29) is 11.8 Å².